The molecule has 1 nitrogen and oxygen atoms in total. The zero-order valence-electron chi connectivity index (χ0n) is 8.67. The summed E-state index contributed by atoms with van der Waals surface area (Å²) < 4.78 is 0. The standard InChI is InChI=1S/C12H23N/c1-2-3-9-12(13)10-11-7-5-4-6-8-11/h2,11-12H,1,3-10,13H2. The minimum Gasteiger partial charge on any atom is -0.328 e. The van der Waals surface area contributed by atoms with E-state index in [0.717, 1.165) is 18.8 Å². The van der Waals surface area contributed by atoms with Gasteiger partial charge in [0, 0.05) is 6.04 Å². The Hall–Kier alpha value is -0.300. The molecule has 2 N–H and O–H groups in total. The highest BCUT2D eigenvalue weighted by molar-refractivity contribution is 4.75. The predicted molar refractivity (Wildman–Crippen MR) is 58.6 cm³/mol. The third-order valence-electron chi connectivity index (χ3n) is 3.10. The lowest BCUT2D eigenvalue weighted by molar-refractivity contribution is 0.313. The molecule has 1 unspecified atom stereocenters. The first-order valence-corrected chi connectivity index (χ1v) is 5.69. The van der Waals surface area contributed by atoms with Crippen molar-refractivity contribution in [2.24, 2.45) is 11.7 Å². The fraction of sp³-hybridized carbons (Fsp3) is 0.833. The van der Waals surface area contributed by atoms with Gasteiger partial charge < -0.3 is 5.73 Å². The molecule has 1 heteroatoms. The molecule has 1 atom stereocenters. The van der Waals surface area contributed by atoms with E-state index >= 15 is 0 Å². The van der Waals surface area contributed by atoms with Gasteiger partial charge in [0.25, 0.3) is 0 Å². The van der Waals surface area contributed by atoms with E-state index < -0.39 is 0 Å². The van der Waals surface area contributed by atoms with Crippen LogP contribution in [0.3, 0.4) is 0 Å². The number of hydrogen-bond donors (Lipinski definition) is 1. The zero-order valence-corrected chi connectivity index (χ0v) is 8.67. The van der Waals surface area contributed by atoms with Crippen LogP contribution in [0.25, 0.3) is 0 Å². The summed E-state index contributed by atoms with van der Waals surface area (Å²) in [6, 6.07) is 0.418. The second-order valence-electron chi connectivity index (χ2n) is 4.37. The normalized spacial score (nSPS) is 21.3. The lowest BCUT2D eigenvalue weighted by atomic mass is 9.84. The van der Waals surface area contributed by atoms with E-state index in [4.69, 9.17) is 5.73 Å². The quantitative estimate of drug-likeness (QED) is 0.647. The van der Waals surface area contributed by atoms with E-state index in [-0.39, 0.29) is 0 Å². The first kappa shape index (κ1) is 10.8. The average Bonchev–Trinajstić information content (AvgIpc) is 2.16. The van der Waals surface area contributed by atoms with E-state index in [1.165, 1.54) is 38.5 Å². The van der Waals surface area contributed by atoms with Crippen LogP contribution in [0.1, 0.15) is 51.4 Å². The molecule has 0 saturated heterocycles. The number of hydrogen-bond acceptors (Lipinski definition) is 1. The Bertz CT molecular complexity index is 136. The molecule has 1 aliphatic rings. The molecule has 0 heterocycles. The predicted octanol–water partition coefficient (Wildman–Crippen LogP) is 3.25. The maximum atomic E-state index is 6.04. The van der Waals surface area contributed by atoms with Crippen molar-refractivity contribution in [1.82, 2.24) is 0 Å². The summed E-state index contributed by atoms with van der Waals surface area (Å²) in [6.07, 6.45) is 12.6. The molecule has 0 bridgehead atoms. The van der Waals surface area contributed by atoms with Crippen LogP contribution < -0.4 is 5.73 Å². The molecule has 0 radical (unpaired) electrons. The van der Waals surface area contributed by atoms with Crippen LogP contribution in [0.4, 0.5) is 0 Å². The van der Waals surface area contributed by atoms with Crippen LogP contribution in [0.5, 0.6) is 0 Å². The second-order valence-corrected chi connectivity index (χ2v) is 4.37. The highest BCUT2D eigenvalue weighted by atomic mass is 14.6. The van der Waals surface area contributed by atoms with Gasteiger partial charge in [0.05, 0.1) is 0 Å². The van der Waals surface area contributed by atoms with Gasteiger partial charge in [-0.2, -0.15) is 0 Å². The van der Waals surface area contributed by atoms with Crippen LogP contribution in [-0.4, -0.2) is 6.04 Å². The molecule has 1 fully saturated rings. The van der Waals surface area contributed by atoms with E-state index in [9.17, 15) is 0 Å². The van der Waals surface area contributed by atoms with Gasteiger partial charge in [-0.05, 0) is 25.2 Å². The van der Waals surface area contributed by atoms with E-state index in [2.05, 4.69) is 6.58 Å². The molecule has 76 valence electrons. The van der Waals surface area contributed by atoms with Gasteiger partial charge in [-0.1, -0.05) is 38.2 Å². The summed E-state index contributed by atoms with van der Waals surface area (Å²) in [5.41, 5.74) is 6.04. The fourth-order valence-electron chi connectivity index (χ4n) is 2.30. The van der Waals surface area contributed by atoms with Crippen molar-refractivity contribution in [3.63, 3.8) is 0 Å². The first-order valence-electron chi connectivity index (χ1n) is 5.69. The molecule has 0 aromatic rings. The van der Waals surface area contributed by atoms with Crippen LogP contribution in [0.2, 0.25) is 0 Å². The lowest BCUT2D eigenvalue weighted by Gasteiger charge is -2.24. The SMILES string of the molecule is C=CCCC(N)CC1CCCCC1. The molecule has 1 saturated carbocycles. The lowest BCUT2D eigenvalue weighted by Crippen LogP contribution is -2.24. The van der Waals surface area contributed by atoms with E-state index in [1.807, 2.05) is 6.08 Å². The van der Waals surface area contributed by atoms with Gasteiger partial charge in [0.15, 0.2) is 0 Å². The van der Waals surface area contributed by atoms with Crippen molar-refractivity contribution in [2.45, 2.75) is 57.4 Å². The van der Waals surface area contributed by atoms with Crippen LogP contribution in [0, 0.1) is 5.92 Å². The minimum absolute atomic E-state index is 0.418. The number of allylic oxidation sites excluding steroid dienone is 1. The molecule has 0 spiro atoms. The van der Waals surface area contributed by atoms with Gasteiger partial charge in [-0.3, -0.25) is 0 Å². The van der Waals surface area contributed by atoms with Gasteiger partial charge >= 0.3 is 0 Å². The van der Waals surface area contributed by atoms with Gasteiger partial charge in [0.2, 0.25) is 0 Å². The van der Waals surface area contributed by atoms with Gasteiger partial charge in [-0.15, -0.1) is 6.58 Å². The third-order valence-corrected chi connectivity index (χ3v) is 3.10. The summed E-state index contributed by atoms with van der Waals surface area (Å²) in [4.78, 5) is 0. The zero-order chi connectivity index (χ0) is 9.52. The smallest absolute Gasteiger partial charge is 0.00444 e. The van der Waals surface area contributed by atoms with Crippen molar-refractivity contribution >= 4 is 0 Å². The Balaban J connectivity index is 2.10. The third kappa shape index (κ3) is 4.47. The van der Waals surface area contributed by atoms with Crippen molar-refractivity contribution in [3.8, 4) is 0 Å². The summed E-state index contributed by atoms with van der Waals surface area (Å²) >= 11 is 0. The Kier molecular flexibility index (Phi) is 5.14. The van der Waals surface area contributed by atoms with E-state index in [1.54, 1.807) is 0 Å². The van der Waals surface area contributed by atoms with Crippen LogP contribution in [-0.2, 0) is 0 Å². The van der Waals surface area contributed by atoms with Gasteiger partial charge in [0.1, 0.15) is 0 Å². The van der Waals surface area contributed by atoms with E-state index in [0.29, 0.717) is 6.04 Å². The summed E-state index contributed by atoms with van der Waals surface area (Å²) in [6.45, 7) is 3.72. The molecule has 13 heavy (non-hydrogen) atoms. The Morgan fingerprint density at radius 2 is 2.00 bits per heavy atom. The van der Waals surface area contributed by atoms with Crippen LogP contribution in [0.15, 0.2) is 12.7 Å². The first-order chi connectivity index (χ1) is 6.33. The molecule has 0 aromatic heterocycles. The second kappa shape index (κ2) is 6.20. The molecule has 1 rings (SSSR count). The molecular formula is C12H23N. The minimum atomic E-state index is 0.418. The molecule has 0 amide bonds. The average molecular weight is 181 g/mol. The highest BCUT2D eigenvalue weighted by Crippen LogP contribution is 2.27. The Labute approximate surface area is 82.4 Å². The van der Waals surface area contributed by atoms with Gasteiger partial charge in [-0.25, -0.2) is 0 Å². The fourth-order valence-corrected chi connectivity index (χ4v) is 2.30. The van der Waals surface area contributed by atoms with Crippen LogP contribution >= 0.6 is 0 Å². The summed E-state index contributed by atoms with van der Waals surface area (Å²) in [5.74, 6) is 0.925. The maximum absolute atomic E-state index is 6.04. The maximum Gasteiger partial charge on any atom is 0.00444 e. The monoisotopic (exact) mass is 181 g/mol. The van der Waals surface area contributed by atoms with Crippen molar-refractivity contribution in [2.75, 3.05) is 0 Å². The van der Waals surface area contributed by atoms with Crippen molar-refractivity contribution in [1.29, 1.82) is 0 Å². The topological polar surface area (TPSA) is 26.0 Å². The molecule has 0 aliphatic heterocycles. The molecule has 0 aromatic carbocycles. The van der Waals surface area contributed by atoms with Crippen molar-refractivity contribution in [3.05, 3.63) is 12.7 Å². The summed E-state index contributed by atoms with van der Waals surface area (Å²) in [7, 11) is 0. The largest absolute Gasteiger partial charge is 0.328 e. The number of rotatable bonds is 5. The molecule has 1 aliphatic carbocycles. The summed E-state index contributed by atoms with van der Waals surface area (Å²) in [5, 5.41) is 0. The van der Waals surface area contributed by atoms with Crippen molar-refractivity contribution < 1.29 is 0 Å². The highest BCUT2D eigenvalue weighted by Gasteiger charge is 2.15. The Morgan fingerprint density at radius 3 is 2.62 bits per heavy atom. The number of nitrogens with two attached hydrogens (primary N) is 1. The molecular weight excluding hydrogens is 158 g/mol. The Morgan fingerprint density at radius 1 is 1.31 bits per heavy atom.